The molecule has 2 rings (SSSR count). The van der Waals surface area contributed by atoms with Crippen molar-refractivity contribution in [2.75, 3.05) is 6.54 Å². The monoisotopic (exact) mass is 309 g/mol. The van der Waals surface area contributed by atoms with Gasteiger partial charge in [0.05, 0.1) is 10.5 Å². The Morgan fingerprint density at radius 3 is 2.29 bits per heavy atom. The second-order valence-corrected chi connectivity index (χ2v) is 8.73. The summed E-state index contributed by atoms with van der Waals surface area (Å²) in [5.74, 6) is 0. The molecule has 21 heavy (non-hydrogen) atoms. The van der Waals surface area contributed by atoms with Gasteiger partial charge >= 0.3 is 0 Å². The number of benzene rings is 1. The smallest absolute Gasteiger partial charge is 0.157 e. The van der Waals surface area contributed by atoms with Crippen molar-refractivity contribution in [3.05, 3.63) is 35.4 Å². The average molecular weight is 309 g/mol. The van der Waals surface area contributed by atoms with E-state index in [1.165, 1.54) is 5.56 Å². The highest BCUT2D eigenvalue weighted by Gasteiger charge is 2.37. The van der Waals surface area contributed by atoms with E-state index in [0.29, 0.717) is 0 Å². The van der Waals surface area contributed by atoms with Crippen molar-refractivity contribution < 1.29 is 8.42 Å². The molecule has 0 aliphatic heterocycles. The van der Waals surface area contributed by atoms with Crippen LogP contribution >= 0.6 is 0 Å². The van der Waals surface area contributed by atoms with Crippen LogP contribution in [0.4, 0.5) is 0 Å². The van der Waals surface area contributed by atoms with Gasteiger partial charge in [0.2, 0.25) is 0 Å². The van der Waals surface area contributed by atoms with Gasteiger partial charge in [-0.1, -0.05) is 49.6 Å². The first-order chi connectivity index (χ1) is 9.96. The lowest BCUT2D eigenvalue weighted by Gasteiger charge is -2.27. The molecule has 1 N–H and O–H groups in total. The van der Waals surface area contributed by atoms with Crippen molar-refractivity contribution in [1.82, 2.24) is 5.32 Å². The summed E-state index contributed by atoms with van der Waals surface area (Å²) >= 11 is 0. The molecule has 0 bridgehead atoms. The Bertz CT molecular complexity index is 545. The molecule has 0 amide bonds. The Hall–Kier alpha value is -0.870. The van der Waals surface area contributed by atoms with Gasteiger partial charge in [0.1, 0.15) is 0 Å². The van der Waals surface area contributed by atoms with Gasteiger partial charge in [0, 0.05) is 6.04 Å². The molecule has 1 aromatic carbocycles. The third-order valence-corrected chi connectivity index (χ3v) is 7.32. The van der Waals surface area contributed by atoms with E-state index in [1.54, 1.807) is 0 Å². The van der Waals surface area contributed by atoms with Gasteiger partial charge in [0.25, 0.3) is 0 Å². The molecular formula is C17H27NO2S. The largest absolute Gasteiger partial charge is 0.309 e. The topological polar surface area (TPSA) is 46.2 Å². The molecule has 1 aliphatic rings. The fourth-order valence-electron chi connectivity index (χ4n) is 3.26. The standard InChI is InChI=1S/C17H27NO2S/c1-4-18-17(15-11-9-13(2)10-12-15)14(3)21(19,20)16-7-5-6-8-16/h9-12,14,16-18H,4-8H2,1-3H3. The Balaban J connectivity index is 2.26. The Morgan fingerprint density at radius 1 is 1.19 bits per heavy atom. The first kappa shape index (κ1) is 16.5. The predicted molar refractivity (Wildman–Crippen MR) is 88.2 cm³/mol. The summed E-state index contributed by atoms with van der Waals surface area (Å²) in [6.07, 6.45) is 3.76. The van der Waals surface area contributed by atoms with E-state index in [-0.39, 0.29) is 16.5 Å². The predicted octanol–water partition coefficient (Wildman–Crippen LogP) is 3.39. The van der Waals surface area contributed by atoms with E-state index in [4.69, 9.17) is 0 Å². The van der Waals surface area contributed by atoms with Crippen LogP contribution in [0.3, 0.4) is 0 Å². The Labute approximate surface area is 129 Å². The van der Waals surface area contributed by atoms with Gasteiger partial charge in [0.15, 0.2) is 9.84 Å². The number of rotatable bonds is 6. The fourth-order valence-corrected chi connectivity index (χ4v) is 5.49. The molecule has 1 aromatic rings. The lowest BCUT2D eigenvalue weighted by atomic mass is 10.0. The molecule has 0 spiro atoms. The first-order valence-corrected chi connectivity index (χ1v) is 9.60. The minimum atomic E-state index is -3.08. The van der Waals surface area contributed by atoms with Crippen LogP contribution < -0.4 is 5.32 Å². The summed E-state index contributed by atoms with van der Waals surface area (Å²) in [4.78, 5) is 0. The molecule has 1 fully saturated rings. The van der Waals surface area contributed by atoms with E-state index in [1.807, 2.05) is 32.9 Å². The maximum absolute atomic E-state index is 12.8. The zero-order valence-electron chi connectivity index (χ0n) is 13.3. The maximum Gasteiger partial charge on any atom is 0.157 e. The second-order valence-electron chi connectivity index (χ2n) is 6.15. The van der Waals surface area contributed by atoms with E-state index >= 15 is 0 Å². The van der Waals surface area contributed by atoms with Crippen LogP contribution in [0.25, 0.3) is 0 Å². The third kappa shape index (κ3) is 3.67. The van der Waals surface area contributed by atoms with Crippen LogP contribution in [-0.4, -0.2) is 25.5 Å². The summed E-state index contributed by atoms with van der Waals surface area (Å²) in [7, 11) is -3.08. The molecule has 2 unspecified atom stereocenters. The maximum atomic E-state index is 12.8. The van der Waals surface area contributed by atoms with Crippen molar-refractivity contribution >= 4 is 9.84 Å². The number of aryl methyl sites for hydroxylation is 1. The zero-order valence-corrected chi connectivity index (χ0v) is 14.1. The van der Waals surface area contributed by atoms with Crippen molar-refractivity contribution in [3.63, 3.8) is 0 Å². The number of nitrogens with one attached hydrogen (secondary N) is 1. The third-order valence-electron chi connectivity index (χ3n) is 4.61. The van der Waals surface area contributed by atoms with Gasteiger partial charge in [-0.2, -0.15) is 0 Å². The van der Waals surface area contributed by atoms with Crippen LogP contribution in [0.2, 0.25) is 0 Å². The van der Waals surface area contributed by atoms with Crippen LogP contribution in [0.15, 0.2) is 24.3 Å². The van der Waals surface area contributed by atoms with Crippen molar-refractivity contribution in [1.29, 1.82) is 0 Å². The van der Waals surface area contributed by atoms with Crippen molar-refractivity contribution in [2.24, 2.45) is 0 Å². The summed E-state index contributed by atoms with van der Waals surface area (Å²) in [5, 5.41) is 2.84. The highest BCUT2D eigenvalue weighted by molar-refractivity contribution is 7.92. The number of hydrogen-bond donors (Lipinski definition) is 1. The molecule has 118 valence electrons. The van der Waals surface area contributed by atoms with E-state index in [0.717, 1.165) is 37.8 Å². The SMILES string of the molecule is CCNC(c1ccc(C)cc1)C(C)S(=O)(=O)C1CCCC1. The fraction of sp³-hybridized carbons (Fsp3) is 0.647. The lowest BCUT2D eigenvalue weighted by molar-refractivity contribution is 0.502. The Morgan fingerprint density at radius 2 is 1.76 bits per heavy atom. The molecule has 1 aliphatic carbocycles. The van der Waals surface area contributed by atoms with Gasteiger partial charge in [-0.25, -0.2) is 8.42 Å². The van der Waals surface area contributed by atoms with Crippen molar-refractivity contribution in [2.45, 2.75) is 63.0 Å². The van der Waals surface area contributed by atoms with Crippen molar-refractivity contribution in [3.8, 4) is 0 Å². The average Bonchev–Trinajstić information content (AvgIpc) is 3.00. The van der Waals surface area contributed by atoms with E-state index in [2.05, 4.69) is 17.4 Å². The normalized spacial score (nSPS) is 19.6. The number of sulfone groups is 1. The van der Waals surface area contributed by atoms with Crippen LogP contribution in [0.1, 0.15) is 56.7 Å². The molecular weight excluding hydrogens is 282 g/mol. The minimum absolute atomic E-state index is 0.124. The minimum Gasteiger partial charge on any atom is -0.309 e. The van der Waals surface area contributed by atoms with E-state index < -0.39 is 9.84 Å². The van der Waals surface area contributed by atoms with E-state index in [9.17, 15) is 8.42 Å². The number of hydrogen-bond acceptors (Lipinski definition) is 3. The molecule has 0 heterocycles. The van der Waals surface area contributed by atoms with Gasteiger partial charge in [-0.05, 0) is 38.8 Å². The van der Waals surface area contributed by atoms with Gasteiger partial charge < -0.3 is 5.32 Å². The highest BCUT2D eigenvalue weighted by Crippen LogP contribution is 2.32. The second kappa shape index (κ2) is 6.93. The molecule has 1 saturated carbocycles. The molecule has 0 radical (unpaired) electrons. The summed E-state index contributed by atoms with van der Waals surface area (Å²) in [6, 6.07) is 8.07. The Kier molecular flexibility index (Phi) is 5.44. The zero-order chi connectivity index (χ0) is 15.5. The van der Waals surface area contributed by atoms with Crippen LogP contribution in [-0.2, 0) is 9.84 Å². The summed E-state index contributed by atoms with van der Waals surface area (Å²) in [6.45, 7) is 6.70. The lowest BCUT2D eigenvalue weighted by Crippen LogP contribution is -2.39. The first-order valence-electron chi connectivity index (χ1n) is 7.99. The molecule has 0 aromatic heterocycles. The molecule has 0 saturated heterocycles. The van der Waals surface area contributed by atoms with Crippen LogP contribution in [0, 0.1) is 6.92 Å². The van der Waals surface area contributed by atoms with Gasteiger partial charge in [-0.15, -0.1) is 0 Å². The summed E-state index contributed by atoms with van der Waals surface area (Å²) in [5.41, 5.74) is 2.26. The molecule has 3 nitrogen and oxygen atoms in total. The molecule has 4 heteroatoms. The summed E-state index contributed by atoms with van der Waals surface area (Å²) < 4.78 is 25.7. The van der Waals surface area contributed by atoms with Crippen LogP contribution in [0.5, 0.6) is 0 Å². The quantitative estimate of drug-likeness (QED) is 0.876. The van der Waals surface area contributed by atoms with Gasteiger partial charge in [-0.3, -0.25) is 0 Å². The molecule has 2 atom stereocenters. The highest BCUT2D eigenvalue weighted by atomic mass is 32.2.